The van der Waals surface area contributed by atoms with Crippen LogP contribution in [0.2, 0.25) is 0 Å². The van der Waals surface area contributed by atoms with Crippen molar-refractivity contribution in [3.63, 3.8) is 0 Å². The summed E-state index contributed by atoms with van der Waals surface area (Å²) in [5.41, 5.74) is 0. The van der Waals surface area contributed by atoms with Crippen molar-refractivity contribution in [1.82, 2.24) is 0 Å². The largest absolute Gasteiger partial charge is 0.463 e. The maximum absolute atomic E-state index is 11.5. The summed E-state index contributed by atoms with van der Waals surface area (Å²) in [6.07, 6.45) is 0. The Kier molecular flexibility index (Phi) is 3.58. The summed E-state index contributed by atoms with van der Waals surface area (Å²) in [5.74, 6) is -0.715. The number of hydrogen-bond acceptors (Lipinski definition) is 5. The Morgan fingerprint density at radius 3 is 2.56 bits per heavy atom. The number of carbonyl (C=O) groups is 1. The highest BCUT2D eigenvalue weighted by atomic mass is 32.2. The van der Waals surface area contributed by atoms with E-state index in [-0.39, 0.29) is 11.6 Å². The molecule has 7 heteroatoms. The van der Waals surface area contributed by atoms with Crippen LogP contribution in [0, 0.1) is 0 Å². The van der Waals surface area contributed by atoms with E-state index in [0.717, 1.165) is 0 Å². The highest BCUT2D eigenvalue weighted by Crippen LogP contribution is 2.16. The van der Waals surface area contributed by atoms with Gasteiger partial charge in [-0.25, -0.2) is 13.2 Å². The Balaban J connectivity index is 2.85. The van der Waals surface area contributed by atoms with Gasteiger partial charge in [0.2, 0.25) is 21.7 Å². The van der Waals surface area contributed by atoms with Crippen molar-refractivity contribution in [3.05, 3.63) is 17.9 Å². The van der Waals surface area contributed by atoms with E-state index >= 15 is 0 Å². The molecule has 0 bridgehead atoms. The molecule has 1 N–H and O–H groups in total. The van der Waals surface area contributed by atoms with Gasteiger partial charge in [0.25, 0.3) is 0 Å². The molecule has 0 saturated heterocycles. The third kappa shape index (κ3) is 2.75. The number of anilines is 1. The molecule has 0 aliphatic carbocycles. The Bertz CT molecular complexity index is 474. The molecule has 0 saturated carbocycles. The van der Waals surface area contributed by atoms with Crippen LogP contribution >= 0.6 is 0 Å². The Morgan fingerprint density at radius 1 is 1.44 bits per heavy atom. The predicted molar refractivity (Wildman–Crippen MR) is 57.7 cm³/mol. The third-order valence-corrected chi connectivity index (χ3v) is 3.58. The van der Waals surface area contributed by atoms with E-state index in [9.17, 15) is 13.2 Å². The van der Waals surface area contributed by atoms with Crippen LogP contribution < -0.4 is 4.72 Å². The van der Waals surface area contributed by atoms with Gasteiger partial charge in [-0.15, -0.1) is 0 Å². The second-order valence-electron chi connectivity index (χ2n) is 3.35. The van der Waals surface area contributed by atoms with Crippen LogP contribution in [0.25, 0.3) is 0 Å². The number of methoxy groups -OCH3 is 1. The van der Waals surface area contributed by atoms with Gasteiger partial charge in [-0.3, -0.25) is 4.72 Å². The minimum absolute atomic E-state index is 0.00546. The first-order chi connectivity index (χ1) is 7.36. The topological polar surface area (TPSA) is 85.6 Å². The van der Waals surface area contributed by atoms with E-state index in [2.05, 4.69) is 9.46 Å². The molecule has 0 radical (unpaired) electrons. The summed E-state index contributed by atoms with van der Waals surface area (Å²) >= 11 is 0. The van der Waals surface area contributed by atoms with Crippen molar-refractivity contribution in [2.24, 2.45) is 0 Å². The zero-order valence-corrected chi connectivity index (χ0v) is 10.00. The molecule has 0 spiro atoms. The van der Waals surface area contributed by atoms with Gasteiger partial charge in [0, 0.05) is 6.07 Å². The number of rotatable bonds is 4. The molecular formula is C9H13NO5S. The first-order valence-electron chi connectivity index (χ1n) is 4.56. The molecule has 0 aliphatic rings. The minimum Gasteiger partial charge on any atom is -0.463 e. The van der Waals surface area contributed by atoms with Crippen LogP contribution in [-0.4, -0.2) is 26.7 Å². The molecular weight excluding hydrogens is 234 g/mol. The highest BCUT2D eigenvalue weighted by Gasteiger charge is 2.18. The maximum Gasteiger partial charge on any atom is 0.374 e. The van der Waals surface area contributed by atoms with Crippen molar-refractivity contribution >= 4 is 21.9 Å². The van der Waals surface area contributed by atoms with Crippen molar-refractivity contribution in [2.75, 3.05) is 11.8 Å². The third-order valence-electron chi connectivity index (χ3n) is 1.86. The lowest BCUT2D eigenvalue weighted by Gasteiger charge is -2.07. The van der Waals surface area contributed by atoms with Gasteiger partial charge < -0.3 is 9.15 Å². The number of carbonyl (C=O) groups excluding carboxylic acids is 1. The number of esters is 1. The standard InChI is InChI=1S/C9H13NO5S/c1-6(2)16(12,13)10-8-5-4-7(15-8)9(11)14-3/h4-6,10H,1-3H3. The maximum atomic E-state index is 11.5. The number of furan rings is 1. The van der Waals surface area contributed by atoms with Crippen LogP contribution in [0.15, 0.2) is 16.5 Å². The molecule has 0 amide bonds. The van der Waals surface area contributed by atoms with Crippen molar-refractivity contribution in [3.8, 4) is 0 Å². The summed E-state index contributed by atoms with van der Waals surface area (Å²) in [6.45, 7) is 3.07. The highest BCUT2D eigenvalue weighted by molar-refractivity contribution is 7.93. The summed E-state index contributed by atoms with van der Waals surface area (Å²) in [6, 6.07) is 2.69. The molecule has 0 atom stereocenters. The first-order valence-corrected chi connectivity index (χ1v) is 6.11. The lowest BCUT2D eigenvalue weighted by Crippen LogP contribution is -2.22. The Hall–Kier alpha value is -1.50. The van der Waals surface area contributed by atoms with E-state index < -0.39 is 21.2 Å². The van der Waals surface area contributed by atoms with Gasteiger partial charge >= 0.3 is 5.97 Å². The quantitative estimate of drug-likeness (QED) is 0.808. The SMILES string of the molecule is COC(=O)c1ccc(NS(=O)(=O)C(C)C)o1. The first kappa shape index (κ1) is 12.6. The molecule has 1 rings (SSSR count). The van der Waals surface area contributed by atoms with Crippen LogP contribution in [0.5, 0.6) is 0 Å². The van der Waals surface area contributed by atoms with Crippen LogP contribution in [0.3, 0.4) is 0 Å². The van der Waals surface area contributed by atoms with Crippen molar-refractivity contribution in [1.29, 1.82) is 0 Å². The van der Waals surface area contributed by atoms with Crippen LogP contribution in [0.4, 0.5) is 5.88 Å². The smallest absolute Gasteiger partial charge is 0.374 e. The fourth-order valence-electron chi connectivity index (χ4n) is 0.861. The fourth-order valence-corrected chi connectivity index (χ4v) is 1.49. The molecule has 16 heavy (non-hydrogen) atoms. The number of sulfonamides is 1. The monoisotopic (exact) mass is 247 g/mol. The summed E-state index contributed by atoms with van der Waals surface area (Å²) in [4.78, 5) is 11.0. The second-order valence-corrected chi connectivity index (χ2v) is 5.59. The zero-order valence-electron chi connectivity index (χ0n) is 9.18. The summed E-state index contributed by atoms with van der Waals surface area (Å²) < 4.78 is 34.5. The lowest BCUT2D eigenvalue weighted by molar-refractivity contribution is 0.0566. The summed E-state index contributed by atoms with van der Waals surface area (Å²) in [5, 5.41) is -0.584. The van der Waals surface area contributed by atoms with Gasteiger partial charge in [0.05, 0.1) is 12.4 Å². The average molecular weight is 247 g/mol. The Labute approximate surface area is 93.6 Å². The van der Waals surface area contributed by atoms with Crippen LogP contribution in [0.1, 0.15) is 24.4 Å². The number of nitrogens with one attached hydrogen (secondary N) is 1. The van der Waals surface area contributed by atoms with Crippen LogP contribution in [-0.2, 0) is 14.8 Å². The van der Waals surface area contributed by atoms with E-state index in [4.69, 9.17) is 4.42 Å². The molecule has 1 aromatic rings. The average Bonchev–Trinajstić information content (AvgIpc) is 2.64. The molecule has 0 fully saturated rings. The van der Waals surface area contributed by atoms with Gasteiger partial charge in [-0.2, -0.15) is 0 Å². The molecule has 0 aromatic carbocycles. The second kappa shape index (κ2) is 4.56. The molecule has 0 unspecified atom stereocenters. The molecule has 6 nitrogen and oxygen atoms in total. The molecule has 1 aromatic heterocycles. The normalized spacial score (nSPS) is 11.5. The Morgan fingerprint density at radius 2 is 2.06 bits per heavy atom. The van der Waals surface area contributed by atoms with Gasteiger partial charge in [-0.1, -0.05) is 0 Å². The van der Waals surface area contributed by atoms with Gasteiger partial charge in [-0.05, 0) is 19.9 Å². The fraction of sp³-hybridized carbons (Fsp3) is 0.444. The van der Waals surface area contributed by atoms with Crippen molar-refractivity contribution < 1.29 is 22.4 Å². The predicted octanol–water partition coefficient (Wildman–Crippen LogP) is 1.22. The molecule has 90 valence electrons. The van der Waals surface area contributed by atoms with E-state index in [1.54, 1.807) is 0 Å². The minimum atomic E-state index is -3.47. The number of ether oxygens (including phenoxy) is 1. The van der Waals surface area contributed by atoms with Gasteiger partial charge in [0.15, 0.2) is 0 Å². The summed E-state index contributed by atoms with van der Waals surface area (Å²) in [7, 11) is -2.26. The van der Waals surface area contributed by atoms with E-state index in [0.29, 0.717) is 0 Å². The van der Waals surface area contributed by atoms with Crippen molar-refractivity contribution in [2.45, 2.75) is 19.1 Å². The zero-order chi connectivity index (χ0) is 12.3. The van der Waals surface area contributed by atoms with E-state index in [1.807, 2.05) is 0 Å². The van der Waals surface area contributed by atoms with E-state index in [1.165, 1.54) is 33.1 Å². The molecule has 0 aliphatic heterocycles. The number of hydrogen-bond donors (Lipinski definition) is 1. The lowest BCUT2D eigenvalue weighted by atomic mass is 10.5. The molecule has 1 heterocycles. The van der Waals surface area contributed by atoms with Gasteiger partial charge in [0.1, 0.15) is 0 Å².